The summed E-state index contributed by atoms with van der Waals surface area (Å²) in [6, 6.07) is 10.4. The molecule has 0 spiro atoms. The van der Waals surface area contributed by atoms with E-state index in [1.54, 1.807) is 12.1 Å². The number of halogens is 2. The van der Waals surface area contributed by atoms with Crippen LogP contribution in [0.2, 0.25) is 10.0 Å². The van der Waals surface area contributed by atoms with Gasteiger partial charge in [0.15, 0.2) is 5.13 Å². The number of carbonyl (C=O) groups is 1. The fraction of sp³-hybridized carbons (Fsp3) is 0.125. The average molecular weight is 367 g/mol. The van der Waals surface area contributed by atoms with Crippen molar-refractivity contribution >= 4 is 55.8 Å². The first-order valence-corrected chi connectivity index (χ1v) is 8.44. The number of carbonyl (C=O) groups excluding carboxylic acids is 1. The third kappa shape index (κ3) is 3.58. The second-order valence-corrected chi connectivity index (χ2v) is 6.51. The Balaban J connectivity index is 1.82. The maximum atomic E-state index is 12.3. The molecule has 0 atom stereocenters. The van der Waals surface area contributed by atoms with Crippen LogP contribution >= 0.6 is 34.5 Å². The Morgan fingerprint density at radius 3 is 2.78 bits per heavy atom. The second-order valence-electron chi connectivity index (χ2n) is 4.66. The van der Waals surface area contributed by atoms with Gasteiger partial charge in [-0.25, -0.2) is 4.98 Å². The predicted octanol–water partition coefficient (Wildman–Crippen LogP) is 5.25. The van der Waals surface area contributed by atoms with Crippen molar-refractivity contribution in [2.24, 2.45) is 0 Å². The number of nitrogens with zero attached hydrogens (tertiary/aromatic N) is 1. The number of fused-ring (bicyclic) bond motifs is 1. The Kier molecular flexibility index (Phi) is 4.71. The number of thiazole rings is 1. The third-order valence-electron chi connectivity index (χ3n) is 3.07. The minimum atomic E-state index is -0.285. The molecule has 118 valence electrons. The first kappa shape index (κ1) is 16.1. The van der Waals surface area contributed by atoms with Gasteiger partial charge in [0.25, 0.3) is 5.91 Å². The number of nitrogens with one attached hydrogen (secondary N) is 1. The Labute approximate surface area is 147 Å². The number of rotatable bonds is 4. The maximum Gasteiger partial charge on any atom is 0.257 e. The summed E-state index contributed by atoms with van der Waals surface area (Å²) in [6.45, 7) is 2.53. The molecule has 0 bridgehead atoms. The Hall–Kier alpha value is -1.82. The molecule has 0 fully saturated rings. The van der Waals surface area contributed by atoms with Gasteiger partial charge in [0.1, 0.15) is 5.75 Å². The van der Waals surface area contributed by atoms with E-state index < -0.39 is 0 Å². The van der Waals surface area contributed by atoms with Crippen LogP contribution in [0.25, 0.3) is 10.2 Å². The van der Waals surface area contributed by atoms with Crippen LogP contribution < -0.4 is 10.1 Å². The summed E-state index contributed by atoms with van der Waals surface area (Å²) in [5, 5.41) is 4.04. The van der Waals surface area contributed by atoms with Gasteiger partial charge in [-0.1, -0.05) is 34.5 Å². The van der Waals surface area contributed by atoms with E-state index >= 15 is 0 Å². The summed E-state index contributed by atoms with van der Waals surface area (Å²) >= 11 is 13.2. The molecular weight excluding hydrogens is 355 g/mol. The summed E-state index contributed by atoms with van der Waals surface area (Å²) < 4.78 is 6.41. The summed E-state index contributed by atoms with van der Waals surface area (Å²) in [7, 11) is 0. The lowest BCUT2D eigenvalue weighted by Gasteiger charge is -2.02. The van der Waals surface area contributed by atoms with Crippen LogP contribution in [0.4, 0.5) is 5.13 Å². The number of ether oxygens (including phenoxy) is 1. The SMILES string of the molecule is CCOc1ccc2nc(NC(=O)c3ccc(Cl)c(Cl)c3)sc2c1. The molecule has 1 heterocycles. The van der Waals surface area contributed by atoms with Gasteiger partial charge in [-0.15, -0.1) is 0 Å². The van der Waals surface area contributed by atoms with Gasteiger partial charge in [0, 0.05) is 5.56 Å². The first-order chi connectivity index (χ1) is 11.1. The summed E-state index contributed by atoms with van der Waals surface area (Å²) in [5.41, 5.74) is 1.23. The smallest absolute Gasteiger partial charge is 0.257 e. The number of hydrogen-bond acceptors (Lipinski definition) is 4. The molecule has 3 aromatic rings. The van der Waals surface area contributed by atoms with Crippen molar-refractivity contribution in [1.29, 1.82) is 0 Å². The maximum absolute atomic E-state index is 12.3. The summed E-state index contributed by atoms with van der Waals surface area (Å²) in [6.07, 6.45) is 0. The van der Waals surface area contributed by atoms with Gasteiger partial charge in [0.05, 0.1) is 26.9 Å². The molecule has 4 nitrogen and oxygen atoms in total. The highest BCUT2D eigenvalue weighted by molar-refractivity contribution is 7.22. The van der Waals surface area contributed by atoms with E-state index in [1.807, 2.05) is 25.1 Å². The standard InChI is InChI=1S/C16H12Cl2N2O2S/c1-2-22-10-4-6-13-14(8-10)23-16(19-13)20-15(21)9-3-5-11(17)12(18)7-9/h3-8H,2H2,1H3,(H,19,20,21). The number of amides is 1. The van der Waals surface area contributed by atoms with Crippen molar-refractivity contribution in [3.63, 3.8) is 0 Å². The number of benzene rings is 2. The second kappa shape index (κ2) is 6.74. The fourth-order valence-electron chi connectivity index (χ4n) is 2.02. The molecular formula is C16H12Cl2N2O2S. The van der Waals surface area contributed by atoms with Crippen LogP contribution in [0.1, 0.15) is 17.3 Å². The zero-order chi connectivity index (χ0) is 16.4. The Morgan fingerprint density at radius 1 is 1.22 bits per heavy atom. The molecule has 1 N–H and O–H groups in total. The molecule has 0 saturated carbocycles. The third-order valence-corrected chi connectivity index (χ3v) is 4.75. The van der Waals surface area contributed by atoms with Crippen molar-refractivity contribution < 1.29 is 9.53 Å². The zero-order valence-electron chi connectivity index (χ0n) is 12.1. The van der Waals surface area contributed by atoms with E-state index in [0.29, 0.717) is 27.3 Å². The highest BCUT2D eigenvalue weighted by atomic mass is 35.5. The molecule has 3 rings (SSSR count). The number of hydrogen-bond donors (Lipinski definition) is 1. The molecule has 0 radical (unpaired) electrons. The van der Waals surface area contributed by atoms with Gasteiger partial charge < -0.3 is 4.74 Å². The summed E-state index contributed by atoms with van der Waals surface area (Å²) in [4.78, 5) is 16.6. The van der Waals surface area contributed by atoms with Crippen molar-refractivity contribution in [2.45, 2.75) is 6.92 Å². The van der Waals surface area contributed by atoms with Gasteiger partial charge >= 0.3 is 0 Å². The molecule has 0 aliphatic carbocycles. The normalized spacial score (nSPS) is 10.7. The van der Waals surface area contributed by atoms with E-state index in [4.69, 9.17) is 27.9 Å². The van der Waals surface area contributed by atoms with E-state index in [0.717, 1.165) is 16.0 Å². The molecule has 2 aromatic carbocycles. The molecule has 0 saturated heterocycles. The van der Waals surface area contributed by atoms with Crippen molar-refractivity contribution in [2.75, 3.05) is 11.9 Å². The zero-order valence-corrected chi connectivity index (χ0v) is 14.4. The summed E-state index contributed by atoms with van der Waals surface area (Å²) in [5.74, 6) is 0.499. The van der Waals surface area contributed by atoms with Crippen LogP contribution in [-0.2, 0) is 0 Å². The lowest BCUT2D eigenvalue weighted by atomic mass is 10.2. The minimum absolute atomic E-state index is 0.285. The van der Waals surface area contributed by atoms with E-state index in [1.165, 1.54) is 17.4 Å². The average Bonchev–Trinajstić information content (AvgIpc) is 2.91. The van der Waals surface area contributed by atoms with Gasteiger partial charge in [-0.3, -0.25) is 10.1 Å². The molecule has 0 aliphatic heterocycles. The van der Waals surface area contributed by atoms with Crippen LogP contribution in [0.15, 0.2) is 36.4 Å². The monoisotopic (exact) mass is 366 g/mol. The highest BCUT2D eigenvalue weighted by Crippen LogP contribution is 2.30. The Morgan fingerprint density at radius 2 is 2.04 bits per heavy atom. The van der Waals surface area contributed by atoms with E-state index in [2.05, 4.69) is 10.3 Å². The van der Waals surface area contributed by atoms with Crippen LogP contribution in [0, 0.1) is 0 Å². The lowest BCUT2D eigenvalue weighted by molar-refractivity contribution is 0.102. The minimum Gasteiger partial charge on any atom is -0.494 e. The lowest BCUT2D eigenvalue weighted by Crippen LogP contribution is -2.11. The van der Waals surface area contributed by atoms with E-state index in [9.17, 15) is 4.79 Å². The van der Waals surface area contributed by atoms with E-state index in [-0.39, 0.29) is 5.91 Å². The fourth-order valence-corrected chi connectivity index (χ4v) is 3.21. The van der Waals surface area contributed by atoms with Gasteiger partial charge in [-0.05, 0) is 43.3 Å². The van der Waals surface area contributed by atoms with Gasteiger partial charge in [0.2, 0.25) is 0 Å². The molecule has 0 unspecified atom stereocenters. The predicted molar refractivity (Wildman–Crippen MR) is 95.2 cm³/mol. The quantitative estimate of drug-likeness (QED) is 0.685. The molecule has 7 heteroatoms. The molecule has 1 amide bonds. The van der Waals surface area contributed by atoms with Gasteiger partial charge in [-0.2, -0.15) is 0 Å². The number of anilines is 1. The largest absolute Gasteiger partial charge is 0.494 e. The molecule has 1 aromatic heterocycles. The van der Waals surface area contributed by atoms with Crippen molar-refractivity contribution in [1.82, 2.24) is 4.98 Å². The Bertz CT molecular complexity index is 880. The highest BCUT2D eigenvalue weighted by Gasteiger charge is 2.12. The van der Waals surface area contributed by atoms with Crippen molar-refractivity contribution in [3.05, 3.63) is 52.0 Å². The van der Waals surface area contributed by atoms with Crippen LogP contribution in [-0.4, -0.2) is 17.5 Å². The molecule has 0 aliphatic rings. The number of aromatic nitrogens is 1. The van der Waals surface area contributed by atoms with Crippen molar-refractivity contribution in [3.8, 4) is 5.75 Å². The van der Waals surface area contributed by atoms with Crippen LogP contribution in [0.5, 0.6) is 5.75 Å². The molecule has 23 heavy (non-hydrogen) atoms. The topological polar surface area (TPSA) is 51.2 Å². The van der Waals surface area contributed by atoms with Crippen LogP contribution in [0.3, 0.4) is 0 Å². The first-order valence-electron chi connectivity index (χ1n) is 6.86.